The van der Waals surface area contributed by atoms with E-state index in [4.69, 9.17) is 0 Å². The predicted octanol–water partition coefficient (Wildman–Crippen LogP) is 4.52. The number of hydrogen-bond acceptors (Lipinski definition) is 1. The molecular weight excluding hydrogens is 184 g/mol. The molecule has 0 N–H and O–H groups in total. The molecule has 0 saturated carbocycles. The Bertz CT molecular complexity index is 159. The van der Waals surface area contributed by atoms with Crippen LogP contribution in [0.1, 0.15) is 65.2 Å². The first-order valence-electron chi connectivity index (χ1n) is 6.37. The second kappa shape index (κ2) is 11.5. The lowest BCUT2D eigenvalue weighted by Crippen LogP contribution is -1.87. The summed E-state index contributed by atoms with van der Waals surface area (Å²) in [4.78, 5) is 9.98. The second-order valence-electron chi connectivity index (χ2n) is 4.66. The first-order valence-corrected chi connectivity index (χ1v) is 6.37. The van der Waals surface area contributed by atoms with E-state index in [9.17, 15) is 4.79 Å². The zero-order chi connectivity index (χ0) is 11.4. The standard InChI is InChI=1S/C14H26O/c1-14(2)12-10-8-6-4-3-5-7-9-11-13-15/h9,11,13-14H,3-8,10,12H2,1-2H3. The van der Waals surface area contributed by atoms with E-state index in [1.165, 1.54) is 44.9 Å². The summed E-state index contributed by atoms with van der Waals surface area (Å²) in [5, 5.41) is 0. The van der Waals surface area contributed by atoms with Gasteiger partial charge in [0.1, 0.15) is 6.29 Å². The van der Waals surface area contributed by atoms with Crippen LogP contribution in [0.2, 0.25) is 0 Å². The summed E-state index contributed by atoms with van der Waals surface area (Å²) < 4.78 is 0. The van der Waals surface area contributed by atoms with Gasteiger partial charge in [-0.1, -0.05) is 58.4 Å². The first kappa shape index (κ1) is 14.4. The van der Waals surface area contributed by atoms with E-state index in [-0.39, 0.29) is 0 Å². The van der Waals surface area contributed by atoms with Crippen LogP contribution in [0.15, 0.2) is 12.2 Å². The fraction of sp³-hybridized carbons (Fsp3) is 0.786. The molecule has 1 heteroatoms. The van der Waals surface area contributed by atoms with E-state index < -0.39 is 0 Å². The molecule has 0 aromatic heterocycles. The highest BCUT2D eigenvalue weighted by Crippen LogP contribution is 2.11. The molecule has 1 nitrogen and oxygen atoms in total. The number of allylic oxidation sites excluding steroid dienone is 2. The minimum atomic E-state index is 0.853. The van der Waals surface area contributed by atoms with E-state index >= 15 is 0 Å². The molecule has 0 aromatic rings. The van der Waals surface area contributed by atoms with E-state index in [0.29, 0.717) is 0 Å². The summed E-state index contributed by atoms with van der Waals surface area (Å²) in [6, 6.07) is 0. The molecule has 0 aliphatic rings. The third-order valence-electron chi connectivity index (χ3n) is 2.62. The highest BCUT2D eigenvalue weighted by atomic mass is 16.1. The van der Waals surface area contributed by atoms with Gasteiger partial charge < -0.3 is 0 Å². The Morgan fingerprint density at radius 2 is 1.53 bits per heavy atom. The fourth-order valence-electron chi connectivity index (χ4n) is 1.67. The van der Waals surface area contributed by atoms with Gasteiger partial charge in [-0.25, -0.2) is 0 Å². The SMILES string of the molecule is CC(C)CCCCCCCCC=CC=O. The molecule has 0 saturated heterocycles. The molecule has 0 spiro atoms. The number of hydrogen-bond donors (Lipinski definition) is 0. The van der Waals surface area contributed by atoms with Crippen molar-refractivity contribution in [3.8, 4) is 0 Å². The summed E-state index contributed by atoms with van der Waals surface area (Å²) in [6.45, 7) is 4.58. The molecule has 0 fully saturated rings. The van der Waals surface area contributed by atoms with Gasteiger partial charge in [0.25, 0.3) is 0 Å². The molecular formula is C14H26O. The van der Waals surface area contributed by atoms with Crippen molar-refractivity contribution in [2.45, 2.75) is 65.2 Å². The largest absolute Gasteiger partial charge is 0.299 e. The van der Waals surface area contributed by atoms with Crippen molar-refractivity contribution in [2.75, 3.05) is 0 Å². The van der Waals surface area contributed by atoms with Crippen molar-refractivity contribution in [2.24, 2.45) is 5.92 Å². The van der Waals surface area contributed by atoms with Gasteiger partial charge in [-0.15, -0.1) is 0 Å². The molecule has 0 rings (SSSR count). The highest BCUT2D eigenvalue weighted by Gasteiger charge is 1.94. The van der Waals surface area contributed by atoms with Crippen molar-refractivity contribution < 1.29 is 4.79 Å². The Labute approximate surface area is 95.0 Å². The Morgan fingerprint density at radius 1 is 0.933 bits per heavy atom. The maximum Gasteiger partial charge on any atom is 0.142 e. The fourth-order valence-corrected chi connectivity index (χ4v) is 1.67. The van der Waals surface area contributed by atoms with Crippen LogP contribution >= 0.6 is 0 Å². The monoisotopic (exact) mass is 210 g/mol. The number of carbonyl (C=O) groups excluding carboxylic acids is 1. The van der Waals surface area contributed by atoms with Crippen LogP contribution < -0.4 is 0 Å². The molecule has 0 aliphatic carbocycles. The lowest BCUT2D eigenvalue weighted by molar-refractivity contribution is -0.104. The van der Waals surface area contributed by atoms with Crippen LogP contribution in [-0.4, -0.2) is 6.29 Å². The van der Waals surface area contributed by atoms with E-state index in [2.05, 4.69) is 13.8 Å². The van der Waals surface area contributed by atoms with Gasteiger partial charge in [-0.05, 0) is 24.8 Å². The van der Waals surface area contributed by atoms with Gasteiger partial charge in [0, 0.05) is 0 Å². The van der Waals surface area contributed by atoms with Gasteiger partial charge in [0.15, 0.2) is 0 Å². The van der Waals surface area contributed by atoms with Gasteiger partial charge in [-0.2, -0.15) is 0 Å². The third-order valence-corrected chi connectivity index (χ3v) is 2.62. The summed E-state index contributed by atoms with van der Waals surface area (Å²) in [6.07, 6.45) is 14.9. The lowest BCUT2D eigenvalue weighted by Gasteiger charge is -2.03. The second-order valence-corrected chi connectivity index (χ2v) is 4.66. The van der Waals surface area contributed by atoms with E-state index in [0.717, 1.165) is 18.6 Å². The van der Waals surface area contributed by atoms with Crippen molar-refractivity contribution in [3.63, 3.8) is 0 Å². The average molecular weight is 210 g/mol. The number of aldehydes is 1. The van der Waals surface area contributed by atoms with E-state index in [1.807, 2.05) is 6.08 Å². The van der Waals surface area contributed by atoms with Crippen LogP contribution in [0, 0.1) is 5.92 Å². The molecule has 0 radical (unpaired) electrons. The smallest absolute Gasteiger partial charge is 0.142 e. The summed E-state index contributed by atoms with van der Waals surface area (Å²) >= 11 is 0. The van der Waals surface area contributed by atoms with Crippen molar-refractivity contribution in [1.82, 2.24) is 0 Å². The third kappa shape index (κ3) is 13.4. The van der Waals surface area contributed by atoms with Crippen molar-refractivity contribution >= 4 is 6.29 Å². The predicted molar refractivity (Wildman–Crippen MR) is 67.0 cm³/mol. The minimum Gasteiger partial charge on any atom is -0.299 e. The first-order chi connectivity index (χ1) is 7.27. The molecule has 88 valence electrons. The number of carbonyl (C=O) groups is 1. The topological polar surface area (TPSA) is 17.1 Å². The van der Waals surface area contributed by atoms with Crippen molar-refractivity contribution in [1.29, 1.82) is 0 Å². The molecule has 0 atom stereocenters. The van der Waals surface area contributed by atoms with Crippen LogP contribution in [0.4, 0.5) is 0 Å². The van der Waals surface area contributed by atoms with Crippen molar-refractivity contribution in [3.05, 3.63) is 12.2 Å². The molecule has 0 bridgehead atoms. The molecule has 0 amide bonds. The summed E-state index contributed by atoms with van der Waals surface area (Å²) in [7, 11) is 0. The quantitative estimate of drug-likeness (QED) is 0.294. The lowest BCUT2D eigenvalue weighted by atomic mass is 10.0. The Balaban J connectivity index is 2.98. The highest BCUT2D eigenvalue weighted by molar-refractivity contribution is 5.64. The maximum atomic E-state index is 9.98. The molecule has 0 aromatic carbocycles. The van der Waals surface area contributed by atoms with Crippen LogP contribution in [0.25, 0.3) is 0 Å². The van der Waals surface area contributed by atoms with Gasteiger partial charge in [0.2, 0.25) is 0 Å². The maximum absolute atomic E-state index is 9.98. The molecule has 0 heterocycles. The summed E-state index contributed by atoms with van der Waals surface area (Å²) in [5.41, 5.74) is 0. The molecule has 15 heavy (non-hydrogen) atoms. The summed E-state index contributed by atoms with van der Waals surface area (Å²) in [5.74, 6) is 0.860. The Hall–Kier alpha value is -0.590. The van der Waals surface area contributed by atoms with E-state index in [1.54, 1.807) is 6.08 Å². The molecule has 0 unspecified atom stereocenters. The van der Waals surface area contributed by atoms with Crippen LogP contribution in [0.3, 0.4) is 0 Å². The molecule has 0 aliphatic heterocycles. The van der Waals surface area contributed by atoms with Crippen LogP contribution in [-0.2, 0) is 4.79 Å². The van der Waals surface area contributed by atoms with Gasteiger partial charge >= 0.3 is 0 Å². The minimum absolute atomic E-state index is 0.853. The normalized spacial score (nSPS) is 11.4. The van der Waals surface area contributed by atoms with Gasteiger partial charge in [-0.3, -0.25) is 4.79 Å². The Kier molecular flexibility index (Phi) is 11.0. The average Bonchev–Trinajstić information content (AvgIpc) is 2.20. The van der Waals surface area contributed by atoms with Crippen LogP contribution in [0.5, 0.6) is 0 Å². The zero-order valence-electron chi connectivity index (χ0n) is 10.4. The zero-order valence-corrected chi connectivity index (χ0v) is 10.4. The Morgan fingerprint density at radius 3 is 2.13 bits per heavy atom. The number of rotatable bonds is 10. The van der Waals surface area contributed by atoms with Gasteiger partial charge in [0.05, 0.1) is 0 Å². The number of unbranched alkanes of at least 4 members (excludes halogenated alkanes) is 6.